The fraction of sp³-hybridized carbons (Fsp3) is 0.333. The summed E-state index contributed by atoms with van der Waals surface area (Å²) in [6.45, 7) is 2.01. The van der Waals surface area contributed by atoms with Crippen LogP contribution < -0.4 is 4.74 Å². The molecule has 0 aliphatic carbocycles. The molecule has 0 fully saturated rings. The van der Waals surface area contributed by atoms with E-state index in [-0.39, 0.29) is 6.61 Å². The van der Waals surface area contributed by atoms with E-state index in [1.54, 1.807) is 6.92 Å². The average molecular weight is 190 g/mol. The first-order chi connectivity index (χ1) is 6.15. The Morgan fingerprint density at radius 3 is 2.15 bits per heavy atom. The Morgan fingerprint density at radius 2 is 1.69 bits per heavy atom. The maximum absolute atomic E-state index is 12.8. The Bertz CT molecular complexity index is 276. The molecule has 0 bridgehead atoms. The van der Waals surface area contributed by atoms with Gasteiger partial charge in [-0.25, -0.2) is 13.2 Å². The first-order valence-corrected chi connectivity index (χ1v) is 3.92. The summed E-state index contributed by atoms with van der Waals surface area (Å²) in [5.41, 5.74) is 0. The second-order valence-corrected chi connectivity index (χ2v) is 2.55. The molecular weight excluding hydrogens is 181 g/mol. The van der Waals surface area contributed by atoms with Crippen LogP contribution in [-0.4, -0.2) is 6.61 Å². The van der Waals surface area contributed by atoms with Crippen molar-refractivity contribution in [2.24, 2.45) is 0 Å². The zero-order valence-corrected chi connectivity index (χ0v) is 7.11. The Hall–Kier alpha value is -1.19. The van der Waals surface area contributed by atoms with Gasteiger partial charge in [0, 0.05) is 12.1 Å². The number of ether oxygens (including phenoxy) is 1. The molecule has 0 amide bonds. The van der Waals surface area contributed by atoms with Gasteiger partial charge in [-0.3, -0.25) is 0 Å². The second kappa shape index (κ2) is 4.16. The minimum Gasteiger partial charge on any atom is -0.488 e. The molecular formula is C9H9F3O. The van der Waals surface area contributed by atoms with Crippen molar-refractivity contribution in [3.8, 4) is 5.75 Å². The summed E-state index contributed by atoms with van der Waals surface area (Å²) in [6.07, 6.45) is 0.635. The topological polar surface area (TPSA) is 9.23 Å². The lowest BCUT2D eigenvalue weighted by Gasteiger charge is -2.06. The minimum absolute atomic E-state index is 0.208. The fourth-order valence-corrected chi connectivity index (χ4v) is 0.871. The molecule has 0 heterocycles. The molecule has 0 radical (unpaired) electrons. The van der Waals surface area contributed by atoms with E-state index >= 15 is 0 Å². The zero-order valence-electron chi connectivity index (χ0n) is 7.11. The summed E-state index contributed by atoms with van der Waals surface area (Å²) in [7, 11) is 0. The first-order valence-electron chi connectivity index (χ1n) is 3.92. The average Bonchev–Trinajstić information content (AvgIpc) is 2.02. The van der Waals surface area contributed by atoms with Crippen LogP contribution in [0.4, 0.5) is 13.2 Å². The number of benzene rings is 1. The molecule has 0 aliphatic rings. The lowest BCUT2D eigenvalue weighted by Crippen LogP contribution is -2.00. The molecule has 1 nitrogen and oxygen atoms in total. The Balaban J connectivity index is 2.92. The highest BCUT2D eigenvalue weighted by Crippen LogP contribution is 2.22. The van der Waals surface area contributed by atoms with Crippen LogP contribution in [0.2, 0.25) is 0 Å². The van der Waals surface area contributed by atoms with E-state index < -0.39 is 23.2 Å². The van der Waals surface area contributed by atoms with Crippen molar-refractivity contribution in [1.82, 2.24) is 0 Å². The molecule has 0 spiro atoms. The zero-order chi connectivity index (χ0) is 9.84. The highest BCUT2D eigenvalue weighted by molar-refractivity contribution is 5.26. The number of halogens is 3. The van der Waals surface area contributed by atoms with E-state index in [0.29, 0.717) is 18.6 Å². The van der Waals surface area contributed by atoms with Crippen LogP contribution in [-0.2, 0) is 0 Å². The maximum Gasteiger partial charge on any atom is 0.190 e. The van der Waals surface area contributed by atoms with Crippen molar-refractivity contribution in [2.75, 3.05) is 6.61 Å². The molecule has 0 aliphatic heterocycles. The lowest BCUT2D eigenvalue weighted by atomic mass is 10.3. The van der Waals surface area contributed by atoms with Gasteiger partial charge in [0.15, 0.2) is 17.4 Å². The van der Waals surface area contributed by atoms with Crippen molar-refractivity contribution >= 4 is 0 Å². The highest BCUT2D eigenvalue weighted by Gasteiger charge is 2.11. The third-order valence-electron chi connectivity index (χ3n) is 1.41. The first kappa shape index (κ1) is 9.89. The molecule has 0 saturated heterocycles. The van der Waals surface area contributed by atoms with Gasteiger partial charge in [0.1, 0.15) is 5.82 Å². The van der Waals surface area contributed by atoms with Gasteiger partial charge < -0.3 is 4.74 Å². The van der Waals surface area contributed by atoms with Crippen LogP contribution >= 0.6 is 0 Å². The molecule has 0 saturated carbocycles. The lowest BCUT2D eigenvalue weighted by molar-refractivity contribution is 0.283. The fourth-order valence-electron chi connectivity index (χ4n) is 0.871. The van der Waals surface area contributed by atoms with Gasteiger partial charge in [-0.05, 0) is 6.42 Å². The van der Waals surface area contributed by atoms with E-state index in [1.165, 1.54) is 0 Å². The summed E-state index contributed by atoms with van der Waals surface area (Å²) in [5.74, 6) is -3.47. The Kier molecular flexibility index (Phi) is 3.17. The summed E-state index contributed by atoms with van der Waals surface area (Å²) in [4.78, 5) is 0. The van der Waals surface area contributed by atoms with Crippen molar-refractivity contribution in [3.63, 3.8) is 0 Å². The van der Waals surface area contributed by atoms with Gasteiger partial charge in [-0.15, -0.1) is 0 Å². The van der Waals surface area contributed by atoms with Crippen LogP contribution in [0.3, 0.4) is 0 Å². The van der Waals surface area contributed by atoms with Crippen LogP contribution in [0.25, 0.3) is 0 Å². The Morgan fingerprint density at radius 1 is 1.15 bits per heavy atom. The second-order valence-electron chi connectivity index (χ2n) is 2.55. The molecule has 0 aromatic heterocycles. The molecule has 1 rings (SSSR count). The summed E-state index contributed by atoms with van der Waals surface area (Å²) >= 11 is 0. The molecule has 1 aromatic carbocycles. The highest BCUT2D eigenvalue weighted by atomic mass is 19.1. The van der Waals surface area contributed by atoms with E-state index in [9.17, 15) is 13.2 Å². The van der Waals surface area contributed by atoms with Crippen molar-refractivity contribution in [1.29, 1.82) is 0 Å². The predicted octanol–water partition coefficient (Wildman–Crippen LogP) is 2.89. The van der Waals surface area contributed by atoms with Crippen molar-refractivity contribution in [3.05, 3.63) is 29.6 Å². The maximum atomic E-state index is 12.8. The minimum atomic E-state index is -1.01. The quantitative estimate of drug-likeness (QED) is 0.712. The van der Waals surface area contributed by atoms with Gasteiger partial charge in [-0.1, -0.05) is 6.92 Å². The Labute approximate surface area is 74.1 Å². The van der Waals surface area contributed by atoms with Gasteiger partial charge in [-0.2, -0.15) is 0 Å². The van der Waals surface area contributed by atoms with Gasteiger partial charge in [0.2, 0.25) is 0 Å². The van der Waals surface area contributed by atoms with Crippen molar-refractivity contribution < 1.29 is 17.9 Å². The number of rotatable bonds is 3. The van der Waals surface area contributed by atoms with E-state index in [4.69, 9.17) is 4.74 Å². The van der Waals surface area contributed by atoms with E-state index in [1.807, 2.05) is 0 Å². The molecule has 4 heteroatoms. The third-order valence-corrected chi connectivity index (χ3v) is 1.41. The standard InChI is InChI=1S/C9H9F3O/c1-2-3-13-9-7(11)4-6(10)5-8(9)12/h4-5H,2-3H2,1H3. The van der Waals surface area contributed by atoms with Gasteiger partial charge in [0.25, 0.3) is 0 Å². The van der Waals surface area contributed by atoms with Crippen LogP contribution in [0.15, 0.2) is 12.1 Å². The molecule has 0 unspecified atom stereocenters. The monoisotopic (exact) mass is 190 g/mol. The molecule has 0 N–H and O–H groups in total. The largest absolute Gasteiger partial charge is 0.488 e. The van der Waals surface area contributed by atoms with Crippen LogP contribution in [0.5, 0.6) is 5.75 Å². The third kappa shape index (κ3) is 2.37. The van der Waals surface area contributed by atoms with E-state index in [2.05, 4.69) is 0 Å². The van der Waals surface area contributed by atoms with Gasteiger partial charge >= 0.3 is 0 Å². The molecule has 1 aromatic rings. The van der Waals surface area contributed by atoms with Crippen LogP contribution in [0, 0.1) is 17.5 Å². The summed E-state index contributed by atoms with van der Waals surface area (Å²) in [6, 6.07) is 1.18. The molecule has 0 atom stereocenters. The van der Waals surface area contributed by atoms with Gasteiger partial charge in [0.05, 0.1) is 6.61 Å². The predicted molar refractivity (Wildman–Crippen MR) is 42.1 cm³/mol. The summed E-state index contributed by atoms with van der Waals surface area (Å²) in [5, 5.41) is 0. The van der Waals surface area contributed by atoms with E-state index in [0.717, 1.165) is 0 Å². The van der Waals surface area contributed by atoms with Crippen molar-refractivity contribution in [2.45, 2.75) is 13.3 Å². The number of hydrogen-bond donors (Lipinski definition) is 0. The molecule has 72 valence electrons. The number of hydrogen-bond acceptors (Lipinski definition) is 1. The smallest absolute Gasteiger partial charge is 0.190 e. The molecule has 13 heavy (non-hydrogen) atoms. The SMILES string of the molecule is CCCOc1c(F)cc(F)cc1F. The normalized spacial score (nSPS) is 10.2. The summed E-state index contributed by atoms with van der Waals surface area (Å²) < 4.78 is 42.8. The van der Waals surface area contributed by atoms with Crippen LogP contribution in [0.1, 0.15) is 13.3 Å².